The number of benzene rings is 3. The zero-order valence-electron chi connectivity index (χ0n) is 17.1. The first-order valence-corrected chi connectivity index (χ1v) is 10.6. The smallest absolute Gasteiger partial charge is 0.220 e. The summed E-state index contributed by atoms with van der Waals surface area (Å²) in [5.74, 6) is 0.803. The lowest BCUT2D eigenvalue weighted by Gasteiger charge is -2.17. The normalized spacial score (nSPS) is 12.3. The number of hydrogen-bond acceptors (Lipinski definition) is 2. The van der Waals surface area contributed by atoms with Gasteiger partial charge < -0.3 is 15.3 Å². The largest absolute Gasteiger partial charge is 0.361 e. The number of aryl methyl sites for hydroxylation is 1. The van der Waals surface area contributed by atoms with E-state index in [-0.39, 0.29) is 11.9 Å². The Morgan fingerprint density at radius 1 is 0.903 bits per heavy atom. The summed E-state index contributed by atoms with van der Waals surface area (Å²) in [6, 6.07) is 26.1. The highest BCUT2D eigenvalue weighted by molar-refractivity contribution is 5.84. The maximum Gasteiger partial charge on any atom is 0.220 e. The van der Waals surface area contributed by atoms with E-state index in [0.29, 0.717) is 19.3 Å². The van der Waals surface area contributed by atoms with E-state index in [1.54, 1.807) is 0 Å². The summed E-state index contributed by atoms with van der Waals surface area (Å²) in [5.41, 5.74) is 5.30. The van der Waals surface area contributed by atoms with Gasteiger partial charge in [0.15, 0.2) is 0 Å². The number of fused-ring (bicyclic) bond motifs is 2. The molecule has 5 heteroatoms. The van der Waals surface area contributed by atoms with E-state index in [4.69, 9.17) is 4.98 Å². The van der Waals surface area contributed by atoms with Gasteiger partial charge in [-0.15, -0.1) is 0 Å². The fourth-order valence-corrected chi connectivity index (χ4v) is 4.06. The van der Waals surface area contributed by atoms with Crippen molar-refractivity contribution in [3.05, 3.63) is 102 Å². The minimum absolute atomic E-state index is 0.0201. The lowest BCUT2D eigenvalue weighted by Crippen LogP contribution is -2.31. The van der Waals surface area contributed by atoms with Crippen LogP contribution in [0.2, 0.25) is 0 Å². The third-order valence-corrected chi connectivity index (χ3v) is 5.65. The van der Waals surface area contributed by atoms with E-state index in [2.05, 4.69) is 39.6 Å². The molecule has 0 saturated carbocycles. The zero-order chi connectivity index (χ0) is 21.0. The Bertz CT molecular complexity index is 1290. The Morgan fingerprint density at radius 2 is 1.65 bits per heavy atom. The molecule has 2 aromatic heterocycles. The maximum atomic E-state index is 12.9. The van der Waals surface area contributed by atoms with Crippen LogP contribution in [0.4, 0.5) is 0 Å². The lowest BCUT2D eigenvalue weighted by molar-refractivity contribution is -0.121. The molecule has 0 aliphatic heterocycles. The van der Waals surface area contributed by atoms with Crippen LogP contribution in [0.1, 0.15) is 29.4 Å². The Balaban J connectivity index is 1.34. The van der Waals surface area contributed by atoms with Gasteiger partial charge in [-0.2, -0.15) is 0 Å². The van der Waals surface area contributed by atoms with Gasteiger partial charge in [0.05, 0.1) is 17.1 Å². The Hall–Kier alpha value is -3.86. The molecular weight excluding hydrogens is 384 g/mol. The van der Waals surface area contributed by atoms with Gasteiger partial charge in [0.2, 0.25) is 5.91 Å². The molecule has 5 nitrogen and oxygen atoms in total. The fraction of sp³-hybridized carbons (Fsp3) is 0.154. The van der Waals surface area contributed by atoms with Crippen LogP contribution in [-0.2, 0) is 17.6 Å². The van der Waals surface area contributed by atoms with Crippen molar-refractivity contribution in [3.63, 3.8) is 0 Å². The van der Waals surface area contributed by atoms with Crippen molar-refractivity contribution in [1.82, 2.24) is 20.3 Å². The monoisotopic (exact) mass is 408 g/mol. The van der Waals surface area contributed by atoms with Crippen LogP contribution < -0.4 is 5.32 Å². The molecule has 3 N–H and O–H groups in total. The molecule has 0 bridgehead atoms. The van der Waals surface area contributed by atoms with Crippen LogP contribution in [0.25, 0.3) is 21.9 Å². The molecule has 5 aromatic rings. The number of para-hydroxylation sites is 3. The number of amides is 1. The highest BCUT2D eigenvalue weighted by atomic mass is 16.1. The number of rotatable bonds is 7. The van der Waals surface area contributed by atoms with Crippen LogP contribution in [0.3, 0.4) is 0 Å². The number of carbonyl (C=O) groups excluding carboxylic acids is 1. The number of aromatic amines is 2. The number of H-pyrrole nitrogens is 2. The van der Waals surface area contributed by atoms with Gasteiger partial charge >= 0.3 is 0 Å². The fourth-order valence-electron chi connectivity index (χ4n) is 4.06. The minimum atomic E-state index is -0.217. The molecule has 0 aliphatic rings. The number of carbonyl (C=O) groups is 1. The minimum Gasteiger partial charge on any atom is -0.361 e. The van der Waals surface area contributed by atoms with Gasteiger partial charge in [-0.05, 0) is 42.2 Å². The second-order valence-corrected chi connectivity index (χ2v) is 7.81. The first-order chi connectivity index (χ1) is 15.3. The van der Waals surface area contributed by atoms with Crippen LogP contribution in [0, 0.1) is 0 Å². The molecular formula is C26H24N4O. The summed E-state index contributed by atoms with van der Waals surface area (Å²) in [6.45, 7) is 0. The predicted octanol–water partition coefficient (Wildman–Crippen LogP) is 5.08. The van der Waals surface area contributed by atoms with Crippen molar-refractivity contribution in [1.29, 1.82) is 0 Å². The number of hydrogen-bond donors (Lipinski definition) is 3. The first kappa shape index (κ1) is 19.1. The van der Waals surface area contributed by atoms with E-state index >= 15 is 0 Å². The van der Waals surface area contributed by atoms with Crippen molar-refractivity contribution in [2.45, 2.75) is 25.3 Å². The third-order valence-electron chi connectivity index (χ3n) is 5.65. The van der Waals surface area contributed by atoms with Gasteiger partial charge in [0.1, 0.15) is 5.82 Å². The van der Waals surface area contributed by atoms with Crippen molar-refractivity contribution in [2.24, 2.45) is 0 Å². The summed E-state index contributed by atoms with van der Waals surface area (Å²) >= 11 is 0. The van der Waals surface area contributed by atoms with Crippen molar-refractivity contribution < 1.29 is 4.79 Å². The van der Waals surface area contributed by atoms with Crippen molar-refractivity contribution in [2.75, 3.05) is 0 Å². The molecule has 3 aromatic carbocycles. The molecule has 5 rings (SSSR count). The molecule has 0 unspecified atom stereocenters. The molecule has 0 spiro atoms. The summed E-state index contributed by atoms with van der Waals surface area (Å²) in [4.78, 5) is 24.3. The molecule has 0 aliphatic carbocycles. The van der Waals surface area contributed by atoms with E-state index in [0.717, 1.165) is 33.5 Å². The highest BCUT2D eigenvalue weighted by Crippen LogP contribution is 2.22. The molecule has 31 heavy (non-hydrogen) atoms. The summed E-state index contributed by atoms with van der Waals surface area (Å²) in [6.07, 6.45) is 3.79. The number of aromatic nitrogens is 3. The molecule has 0 fully saturated rings. The van der Waals surface area contributed by atoms with Crippen molar-refractivity contribution >= 4 is 27.8 Å². The quantitative estimate of drug-likeness (QED) is 0.351. The zero-order valence-corrected chi connectivity index (χ0v) is 17.1. The van der Waals surface area contributed by atoms with Crippen LogP contribution in [0.15, 0.2) is 85.1 Å². The third kappa shape index (κ3) is 4.21. The standard InChI is InChI=1S/C26H24N4O/c31-25(15-14-19-17-27-21-11-5-4-10-20(19)21)28-24(16-18-8-2-1-3-9-18)26-29-22-12-6-7-13-23(22)30-26/h1-13,17,24,27H,14-16H2,(H,28,31)(H,29,30)/t24-/m0/s1. The molecule has 1 amide bonds. The van der Waals surface area contributed by atoms with E-state index in [1.165, 1.54) is 5.39 Å². The van der Waals surface area contributed by atoms with E-state index in [1.807, 2.05) is 60.8 Å². The van der Waals surface area contributed by atoms with Crippen LogP contribution in [-0.4, -0.2) is 20.9 Å². The summed E-state index contributed by atoms with van der Waals surface area (Å²) in [5, 5.41) is 4.38. The molecule has 1 atom stereocenters. The Kier molecular flexibility index (Phi) is 5.23. The van der Waals surface area contributed by atoms with E-state index in [9.17, 15) is 4.79 Å². The van der Waals surface area contributed by atoms with Crippen LogP contribution in [0.5, 0.6) is 0 Å². The molecule has 154 valence electrons. The van der Waals surface area contributed by atoms with Crippen molar-refractivity contribution in [3.8, 4) is 0 Å². The predicted molar refractivity (Wildman–Crippen MR) is 124 cm³/mol. The first-order valence-electron chi connectivity index (χ1n) is 10.6. The SMILES string of the molecule is O=C(CCc1c[nH]c2ccccc12)N[C@@H](Cc1ccccc1)c1nc2ccccc2[nH]1. The van der Waals surface area contributed by atoms with Gasteiger partial charge in [-0.1, -0.05) is 60.7 Å². The molecule has 0 radical (unpaired) electrons. The van der Waals surface area contributed by atoms with Crippen LogP contribution >= 0.6 is 0 Å². The second-order valence-electron chi connectivity index (χ2n) is 7.81. The van der Waals surface area contributed by atoms with Gasteiger partial charge in [-0.25, -0.2) is 4.98 Å². The average molecular weight is 409 g/mol. The van der Waals surface area contributed by atoms with E-state index < -0.39 is 0 Å². The summed E-state index contributed by atoms with van der Waals surface area (Å²) in [7, 11) is 0. The Morgan fingerprint density at radius 3 is 2.48 bits per heavy atom. The summed E-state index contributed by atoms with van der Waals surface area (Å²) < 4.78 is 0. The topological polar surface area (TPSA) is 73.6 Å². The number of nitrogens with zero attached hydrogens (tertiary/aromatic N) is 1. The maximum absolute atomic E-state index is 12.9. The number of imidazole rings is 1. The molecule has 0 saturated heterocycles. The molecule has 2 heterocycles. The lowest BCUT2D eigenvalue weighted by atomic mass is 10.0. The second kappa shape index (κ2) is 8.48. The number of nitrogens with one attached hydrogen (secondary N) is 3. The van der Waals surface area contributed by atoms with Gasteiger partial charge in [-0.3, -0.25) is 4.79 Å². The van der Waals surface area contributed by atoms with Gasteiger partial charge in [0.25, 0.3) is 0 Å². The average Bonchev–Trinajstić information content (AvgIpc) is 3.42. The van der Waals surface area contributed by atoms with Gasteiger partial charge in [0, 0.05) is 23.5 Å². The highest BCUT2D eigenvalue weighted by Gasteiger charge is 2.19. The Labute approximate surface area is 180 Å².